The monoisotopic (exact) mass is 920 g/mol. The summed E-state index contributed by atoms with van der Waals surface area (Å²) >= 11 is 0. The number of carbonyl (C=O) groups is 2. The highest BCUT2D eigenvalue weighted by Crippen LogP contribution is 2.17. The molecule has 3 N–H and O–H groups in total. The Bertz CT molecular complexity index is 1260. The van der Waals surface area contributed by atoms with Gasteiger partial charge in [-0.2, -0.15) is 0 Å². The quantitative estimate of drug-likeness (QED) is 0.0245. The number of esters is 1. The molecule has 0 aromatic heterocycles. The summed E-state index contributed by atoms with van der Waals surface area (Å²) in [5, 5.41) is 23.8. The van der Waals surface area contributed by atoms with Gasteiger partial charge in [0.25, 0.3) is 0 Å². The Morgan fingerprint density at radius 2 is 0.833 bits per heavy atom. The number of unbranched alkanes of at least 4 members (excludes halogenated alkanes) is 26. The van der Waals surface area contributed by atoms with Crippen LogP contribution in [0.3, 0.4) is 0 Å². The van der Waals surface area contributed by atoms with Gasteiger partial charge in [0.2, 0.25) is 5.91 Å². The van der Waals surface area contributed by atoms with Crippen LogP contribution in [0.15, 0.2) is 85.1 Å². The van der Waals surface area contributed by atoms with Crippen LogP contribution in [-0.4, -0.2) is 46.9 Å². The summed E-state index contributed by atoms with van der Waals surface area (Å²) in [6.45, 7) is 6.41. The molecular weight excluding hydrogens is 815 g/mol. The second-order valence-electron chi connectivity index (χ2n) is 18.7. The van der Waals surface area contributed by atoms with Crippen molar-refractivity contribution >= 4 is 11.9 Å². The molecule has 0 aliphatic heterocycles. The fourth-order valence-corrected chi connectivity index (χ4v) is 8.04. The number of nitrogens with one attached hydrogen (secondary N) is 1. The van der Waals surface area contributed by atoms with Gasteiger partial charge in [-0.3, -0.25) is 9.59 Å². The van der Waals surface area contributed by atoms with Crippen LogP contribution in [0, 0.1) is 0 Å². The standard InChI is InChI=1S/C60H105NO5/c1-4-7-10-13-16-19-22-25-28-29-30-32-35-38-41-44-47-50-53-60(65)66-56(51-48-45-42-39-36-33-31-26-23-20-17-14-11-8-5-2)54-59(64)61-57(55-62)58(63)52-49-46-43-40-37-34-27-24-21-18-15-12-9-6-3/h16-17,19-20,22,25-26,28-32,36,39,56-58,62-63H,4-15,18,21,23-24,27,33-35,37-38,40-55H2,1-3H3,(H,61,64)/b19-16+,20-17-,25-22+,29-28+,31-26-,32-30+,39-36-. The van der Waals surface area contributed by atoms with Gasteiger partial charge in [-0.05, 0) is 89.9 Å². The van der Waals surface area contributed by atoms with Crippen molar-refractivity contribution in [3.8, 4) is 0 Å². The summed E-state index contributed by atoms with van der Waals surface area (Å²) in [6, 6.07) is -0.724. The molecule has 0 saturated heterocycles. The molecule has 0 saturated carbocycles. The Balaban J connectivity index is 4.69. The Morgan fingerprint density at radius 3 is 1.35 bits per heavy atom. The lowest BCUT2D eigenvalue weighted by molar-refractivity contribution is -0.151. The van der Waals surface area contributed by atoms with E-state index in [0.717, 1.165) is 96.3 Å². The topological polar surface area (TPSA) is 95.9 Å². The molecule has 0 bridgehead atoms. The number of aliphatic hydroxyl groups excluding tert-OH is 2. The van der Waals surface area contributed by atoms with Gasteiger partial charge in [0, 0.05) is 6.42 Å². The summed E-state index contributed by atoms with van der Waals surface area (Å²) in [4.78, 5) is 26.2. The van der Waals surface area contributed by atoms with Crippen LogP contribution in [0.1, 0.15) is 258 Å². The van der Waals surface area contributed by atoms with E-state index in [1.807, 2.05) is 0 Å². The van der Waals surface area contributed by atoms with Crippen LogP contribution in [0.25, 0.3) is 0 Å². The number of ether oxygens (including phenoxy) is 1. The highest BCUT2D eigenvalue weighted by molar-refractivity contribution is 5.77. The molecule has 66 heavy (non-hydrogen) atoms. The molecule has 3 atom stereocenters. The highest BCUT2D eigenvalue weighted by atomic mass is 16.5. The summed E-state index contributed by atoms with van der Waals surface area (Å²) in [7, 11) is 0. The minimum absolute atomic E-state index is 0.0384. The molecule has 0 aliphatic rings. The molecule has 0 aliphatic carbocycles. The van der Waals surface area contributed by atoms with Crippen molar-refractivity contribution in [1.29, 1.82) is 0 Å². The van der Waals surface area contributed by atoms with Crippen LogP contribution >= 0.6 is 0 Å². The number of aliphatic hydroxyl groups is 2. The van der Waals surface area contributed by atoms with E-state index < -0.39 is 18.2 Å². The molecule has 0 aromatic rings. The third kappa shape index (κ3) is 47.5. The van der Waals surface area contributed by atoms with Crippen LogP contribution in [0.4, 0.5) is 0 Å². The maximum absolute atomic E-state index is 13.2. The van der Waals surface area contributed by atoms with E-state index >= 15 is 0 Å². The minimum Gasteiger partial charge on any atom is -0.462 e. The number of allylic oxidation sites excluding steroid dienone is 14. The van der Waals surface area contributed by atoms with E-state index in [9.17, 15) is 19.8 Å². The Labute approximate surface area is 408 Å². The van der Waals surface area contributed by atoms with Crippen molar-refractivity contribution in [2.75, 3.05) is 6.61 Å². The first-order chi connectivity index (χ1) is 32.5. The number of hydrogen-bond acceptors (Lipinski definition) is 5. The van der Waals surface area contributed by atoms with E-state index in [2.05, 4.69) is 111 Å². The molecule has 0 fully saturated rings. The van der Waals surface area contributed by atoms with Crippen molar-refractivity contribution in [1.82, 2.24) is 5.32 Å². The Morgan fingerprint density at radius 1 is 0.455 bits per heavy atom. The average molecular weight is 921 g/mol. The highest BCUT2D eigenvalue weighted by Gasteiger charge is 2.24. The van der Waals surface area contributed by atoms with Gasteiger partial charge in [-0.1, -0.05) is 241 Å². The average Bonchev–Trinajstić information content (AvgIpc) is 3.31. The number of carbonyl (C=O) groups excluding carboxylic acids is 2. The maximum Gasteiger partial charge on any atom is 0.306 e. The first-order valence-electron chi connectivity index (χ1n) is 27.9. The van der Waals surface area contributed by atoms with Gasteiger partial charge in [0.1, 0.15) is 6.10 Å². The van der Waals surface area contributed by atoms with Gasteiger partial charge < -0.3 is 20.3 Å². The largest absolute Gasteiger partial charge is 0.462 e. The van der Waals surface area contributed by atoms with Gasteiger partial charge in [0.15, 0.2) is 0 Å². The third-order valence-corrected chi connectivity index (χ3v) is 12.3. The first kappa shape index (κ1) is 63.0. The predicted octanol–water partition coefficient (Wildman–Crippen LogP) is 17.1. The molecular formula is C60H105NO5. The summed E-state index contributed by atoms with van der Waals surface area (Å²) in [5.41, 5.74) is 0. The van der Waals surface area contributed by atoms with Crippen molar-refractivity contribution < 1.29 is 24.5 Å². The fraction of sp³-hybridized carbons (Fsp3) is 0.733. The van der Waals surface area contributed by atoms with Gasteiger partial charge >= 0.3 is 5.97 Å². The Kier molecular flexibility index (Phi) is 50.6. The molecule has 380 valence electrons. The lowest BCUT2D eigenvalue weighted by Gasteiger charge is -2.24. The molecule has 0 aromatic carbocycles. The normalized spacial score (nSPS) is 13.8. The van der Waals surface area contributed by atoms with Gasteiger partial charge in [0.05, 0.1) is 25.2 Å². The van der Waals surface area contributed by atoms with Crippen molar-refractivity contribution in [3.63, 3.8) is 0 Å². The van der Waals surface area contributed by atoms with E-state index in [1.54, 1.807) is 0 Å². The van der Waals surface area contributed by atoms with Crippen molar-refractivity contribution in [3.05, 3.63) is 85.1 Å². The third-order valence-electron chi connectivity index (χ3n) is 12.3. The lowest BCUT2D eigenvalue weighted by atomic mass is 10.0. The van der Waals surface area contributed by atoms with Crippen LogP contribution in [0.2, 0.25) is 0 Å². The minimum atomic E-state index is -0.807. The fourth-order valence-electron chi connectivity index (χ4n) is 8.04. The maximum atomic E-state index is 13.2. The molecule has 0 radical (unpaired) electrons. The molecule has 3 unspecified atom stereocenters. The smallest absolute Gasteiger partial charge is 0.306 e. The first-order valence-corrected chi connectivity index (χ1v) is 27.9. The lowest BCUT2D eigenvalue weighted by Crippen LogP contribution is -2.46. The zero-order valence-electron chi connectivity index (χ0n) is 43.3. The van der Waals surface area contributed by atoms with Crippen LogP contribution in [-0.2, 0) is 14.3 Å². The molecule has 6 nitrogen and oxygen atoms in total. The number of amides is 1. The predicted molar refractivity (Wildman–Crippen MR) is 287 cm³/mol. The molecule has 6 heteroatoms. The second-order valence-corrected chi connectivity index (χ2v) is 18.7. The van der Waals surface area contributed by atoms with Crippen LogP contribution < -0.4 is 5.32 Å². The van der Waals surface area contributed by atoms with E-state index in [0.29, 0.717) is 19.3 Å². The second kappa shape index (κ2) is 53.0. The van der Waals surface area contributed by atoms with Gasteiger partial charge in [-0.25, -0.2) is 0 Å². The van der Waals surface area contributed by atoms with Gasteiger partial charge in [-0.15, -0.1) is 0 Å². The van der Waals surface area contributed by atoms with E-state index in [1.165, 1.54) is 116 Å². The van der Waals surface area contributed by atoms with Crippen LogP contribution in [0.5, 0.6) is 0 Å². The number of hydrogen-bond donors (Lipinski definition) is 3. The summed E-state index contributed by atoms with van der Waals surface area (Å²) in [5.74, 6) is -0.539. The van der Waals surface area contributed by atoms with E-state index in [-0.39, 0.29) is 24.9 Å². The zero-order chi connectivity index (χ0) is 48.1. The summed E-state index contributed by atoms with van der Waals surface area (Å²) in [6.07, 6.45) is 69.2. The van der Waals surface area contributed by atoms with E-state index in [4.69, 9.17) is 4.74 Å². The number of rotatable bonds is 49. The zero-order valence-corrected chi connectivity index (χ0v) is 43.3. The molecule has 0 rings (SSSR count). The molecule has 0 spiro atoms. The molecule has 1 amide bonds. The summed E-state index contributed by atoms with van der Waals surface area (Å²) < 4.78 is 5.92. The molecule has 0 heterocycles. The van der Waals surface area contributed by atoms with Crippen molar-refractivity contribution in [2.45, 2.75) is 277 Å². The SMILES string of the molecule is CCCCC/C=C\C/C=C\C/C=C\CCCCC(CC(=O)NC(CO)C(O)CCCCCCCCCCCCCCCC)OC(=O)CCCCCCC/C=C/C=C/C=C/C=C/CCCCC. The van der Waals surface area contributed by atoms with Crippen molar-refractivity contribution in [2.24, 2.45) is 0 Å². The Hall–Kier alpha value is -2.96.